The van der Waals surface area contributed by atoms with Crippen molar-refractivity contribution in [2.75, 3.05) is 64.4 Å². The van der Waals surface area contributed by atoms with Crippen molar-refractivity contribution in [3.63, 3.8) is 0 Å². The molecule has 3 aliphatic heterocycles. The lowest BCUT2D eigenvalue weighted by molar-refractivity contribution is -0.184. The van der Waals surface area contributed by atoms with Gasteiger partial charge in [0.05, 0.1) is 36.4 Å². The number of hydroxylamine groups is 2. The summed E-state index contributed by atoms with van der Waals surface area (Å²) in [4.78, 5) is 18.1. The summed E-state index contributed by atoms with van der Waals surface area (Å²) >= 11 is 0. The number of fused-ring (bicyclic) bond motifs is 1. The van der Waals surface area contributed by atoms with Crippen molar-refractivity contribution in [2.24, 2.45) is 5.92 Å². The summed E-state index contributed by atoms with van der Waals surface area (Å²) in [6.07, 6.45) is 4.56. The summed E-state index contributed by atoms with van der Waals surface area (Å²) in [6, 6.07) is 12.3. The third kappa shape index (κ3) is 6.95. The molecule has 0 bridgehead atoms. The maximum absolute atomic E-state index is 14.3. The summed E-state index contributed by atoms with van der Waals surface area (Å²) in [7, 11) is -0.156. The molecule has 2 fully saturated rings. The average molecular weight is 637 g/mol. The minimum absolute atomic E-state index is 0.103. The molecule has 4 heterocycles. The van der Waals surface area contributed by atoms with Crippen LogP contribution in [0, 0.1) is 19.8 Å². The Hall–Kier alpha value is -3.29. The highest BCUT2D eigenvalue weighted by atomic mass is 32.2. The molecule has 242 valence electrons. The van der Waals surface area contributed by atoms with Crippen molar-refractivity contribution in [3.8, 4) is 11.6 Å². The van der Waals surface area contributed by atoms with Gasteiger partial charge in [0.25, 0.3) is 10.0 Å². The lowest BCUT2D eigenvalue weighted by Gasteiger charge is -2.34. The number of aromatic nitrogens is 2. The Morgan fingerprint density at radius 3 is 2.53 bits per heavy atom. The fraction of sp³-hybridized carbons (Fsp3) is 0.515. The summed E-state index contributed by atoms with van der Waals surface area (Å²) in [5, 5.41) is 5.53. The third-order valence-electron chi connectivity index (χ3n) is 9.06. The maximum atomic E-state index is 14.3. The van der Waals surface area contributed by atoms with Crippen LogP contribution >= 0.6 is 0 Å². The molecular formula is C33H44N6O5S. The predicted octanol–water partition coefficient (Wildman–Crippen LogP) is 3.52. The number of methoxy groups -OCH3 is 1. The van der Waals surface area contributed by atoms with E-state index in [0.717, 1.165) is 38.3 Å². The van der Waals surface area contributed by atoms with Crippen LogP contribution in [-0.4, -0.2) is 94.5 Å². The number of hydrogen-bond donors (Lipinski definition) is 1. The number of piperazine rings is 1. The van der Waals surface area contributed by atoms with E-state index in [4.69, 9.17) is 19.3 Å². The second-order valence-electron chi connectivity index (χ2n) is 12.4. The van der Waals surface area contributed by atoms with Gasteiger partial charge < -0.3 is 19.7 Å². The Labute approximate surface area is 266 Å². The highest BCUT2D eigenvalue weighted by Crippen LogP contribution is 2.39. The van der Waals surface area contributed by atoms with Gasteiger partial charge in [0.2, 0.25) is 5.88 Å². The van der Waals surface area contributed by atoms with Gasteiger partial charge in [0.1, 0.15) is 12.4 Å². The molecule has 6 rings (SSSR count). The van der Waals surface area contributed by atoms with Gasteiger partial charge in [-0.05, 0) is 94.1 Å². The van der Waals surface area contributed by atoms with Crippen LogP contribution in [0.1, 0.15) is 41.4 Å². The molecule has 2 aromatic carbocycles. The Kier molecular flexibility index (Phi) is 9.57. The standard InChI is InChI=1S/C33H44N6O5S/c1-23-17-28(42-4)18-24(2)32(23)45(40,41)39-27(19-26-7-5-6-8-30(26)39)22-43-31-9-12-35-33(36-31)29-20-38(16-13-34-29)44-21-25-10-14-37(3)15-11-25/h5-9,12,17-18,25,27,29,34H,10-11,13-16,19-22H2,1-4H3/t27-,29?/m0/s1. The van der Waals surface area contributed by atoms with E-state index in [1.165, 1.54) is 17.1 Å². The van der Waals surface area contributed by atoms with Crippen LogP contribution in [-0.2, 0) is 21.3 Å². The molecular weight excluding hydrogens is 592 g/mol. The molecule has 1 aromatic heterocycles. The van der Waals surface area contributed by atoms with Crippen LogP contribution in [0.5, 0.6) is 11.6 Å². The Bertz CT molecular complexity index is 1570. The Morgan fingerprint density at radius 1 is 1.02 bits per heavy atom. The summed E-state index contributed by atoms with van der Waals surface area (Å²) in [5.74, 6) is 2.26. The van der Waals surface area contributed by atoms with E-state index in [2.05, 4.69) is 22.2 Å². The van der Waals surface area contributed by atoms with E-state index >= 15 is 0 Å². The normalized spacial score (nSPS) is 21.6. The number of ether oxygens (including phenoxy) is 2. The number of nitrogens with zero attached hydrogens (tertiary/aromatic N) is 5. The van der Waals surface area contributed by atoms with Gasteiger partial charge in [0.15, 0.2) is 5.82 Å². The topological polar surface area (TPSA) is 109 Å². The maximum Gasteiger partial charge on any atom is 0.265 e. The molecule has 0 amide bonds. The molecule has 11 nitrogen and oxygen atoms in total. The van der Waals surface area contributed by atoms with Crippen LogP contribution in [0.25, 0.3) is 0 Å². The number of para-hydroxylation sites is 1. The van der Waals surface area contributed by atoms with Gasteiger partial charge in [0, 0.05) is 31.9 Å². The second-order valence-corrected chi connectivity index (χ2v) is 14.1. The first-order valence-corrected chi connectivity index (χ1v) is 17.2. The second kappa shape index (κ2) is 13.6. The van der Waals surface area contributed by atoms with E-state index in [1.54, 1.807) is 45.4 Å². The van der Waals surface area contributed by atoms with Crippen LogP contribution in [0.3, 0.4) is 0 Å². The van der Waals surface area contributed by atoms with Gasteiger partial charge in [-0.1, -0.05) is 18.2 Å². The smallest absolute Gasteiger partial charge is 0.265 e. The number of nitrogens with one attached hydrogen (secondary N) is 1. The highest BCUT2D eigenvalue weighted by molar-refractivity contribution is 7.93. The molecule has 0 saturated carbocycles. The molecule has 45 heavy (non-hydrogen) atoms. The molecule has 0 spiro atoms. The van der Waals surface area contributed by atoms with Crippen molar-refractivity contribution in [1.29, 1.82) is 0 Å². The van der Waals surface area contributed by atoms with Crippen LogP contribution < -0.4 is 19.1 Å². The predicted molar refractivity (Wildman–Crippen MR) is 172 cm³/mol. The number of anilines is 1. The Balaban J connectivity index is 1.15. The van der Waals surface area contributed by atoms with Gasteiger partial charge in [-0.25, -0.2) is 13.4 Å². The molecule has 3 aromatic rings. The van der Waals surface area contributed by atoms with E-state index in [1.807, 2.05) is 29.3 Å². The molecule has 1 N–H and O–H groups in total. The Morgan fingerprint density at radius 2 is 1.78 bits per heavy atom. The SMILES string of the molecule is COc1cc(C)c(S(=O)(=O)N2c3ccccc3C[C@H]2COc2ccnc(C3CN(OCC4CCN(C)CC4)CCN3)n2)c(C)c1. The first-order valence-electron chi connectivity index (χ1n) is 15.8. The number of hydrogen-bond acceptors (Lipinski definition) is 10. The third-order valence-corrected chi connectivity index (χ3v) is 11.2. The number of benzene rings is 2. The van der Waals surface area contributed by atoms with Crippen LogP contribution in [0.15, 0.2) is 53.6 Å². The number of sulfonamides is 1. The molecule has 2 saturated heterocycles. The van der Waals surface area contributed by atoms with Crippen molar-refractivity contribution in [2.45, 2.75) is 50.1 Å². The van der Waals surface area contributed by atoms with Crippen molar-refractivity contribution in [3.05, 3.63) is 71.2 Å². The highest BCUT2D eigenvalue weighted by Gasteiger charge is 2.40. The zero-order valence-electron chi connectivity index (χ0n) is 26.6. The zero-order chi connectivity index (χ0) is 31.6. The van der Waals surface area contributed by atoms with Gasteiger partial charge >= 0.3 is 0 Å². The number of rotatable bonds is 10. The summed E-state index contributed by atoms with van der Waals surface area (Å²) in [6.45, 7) is 8.94. The van der Waals surface area contributed by atoms with Crippen LogP contribution in [0.2, 0.25) is 0 Å². The molecule has 3 aliphatic rings. The molecule has 2 atom stereocenters. The zero-order valence-corrected chi connectivity index (χ0v) is 27.4. The molecule has 1 unspecified atom stereocenters. The van der Waals surface area contributed by atoms with Crippen molar-refractivity contribution >= 4 is 15.7 Å². The first kappa shape index (κ1) is 31.7. The van der Waals surface area contributed by atoms with Gasteiger partial charge in [-0.3, -0.25) is 9.14 Å². The van der Waals surface area contributed by atoms with Gasteiger partial charge in [-0.2, -0.15) is 10.0 Å². The number of likely N-dealkylation sites (tertiary alicyclic amines) is 1. The fourth-order valence-corrected chi connectivity index (χ4v) is 8.75. The monoisotopic (exact) mass is 636 g/mol. The van der Waals surface area contributed by atoms with E-state index in [-0.39, 0.29) is 12.6 Å². The number of piperidine rings is 1. The molecule has 0 radical (unpaired) electrons. The minimum atomic E-state index is -3.91. The van der Waals surface area contributed by atoms with Crippen molar-refractivity contribution < 1.29 is 22.7 Å². The molecule has 0 aliphatic carbocycles. The lowest BCUT2D eigenvalue weighted by atomic mass is 9.98. The summed E-state index contributed by atoms with van der Waals surface area (Å²) in [5.41, 5.74) is 2.92. The molecule has 12 heteroatoms. The largest absolute Gasteiger partial charge is 0.497 e. The van der Waals surface area contributed by atoms with Gasteiger partial charge in [-0.15, -0.1) is 0 Å². The quantitative estimate of drug-likeness (QED) is 0.355. The van der Waals surface area contributed by atoms with E-state index in [9.17, 15) is 8.42 Å². The minimum Gasteiger partial charge on any atom is -0.497 e. The average Bonchev–Trinajstić information content (AvgIpc) is 3.43. The number of aryl methyl sites for hydroxylation is 2. The summed E-state index contributed by atoms with van der Waals surface area (Å²) < 4.78 is 41.7. The van der Waals surface area contributed by atoms with E-state index < -0.39 is 16.1 Å². The van der Waals surface area contributed by atoms with Crippen molar-refractivity contribution in [1.82, 2.24) is 25.2 Å². The lowest BCUT2D eigenvalue weighted by Crippen LogP contribution is -2.47. The fourth-order valence-electron chi connectivity index (χ4n) is 6.66. The van der Waals surface area contributed by atoms with E-state index in [0.29, 0.717) is 58.0 Å². The van der Waals surface area contributed by atoms with Crippen LogP contribution in [0.4, 0.5) is 5.69 Å². The first-order chi connectivity index (χ1) is 21.7.